The Bertz CT molecular complexity index is 736. The molecule has 2 N–H and O–H groups in total. The maximum atomic E-state index is 12.3. The Morgan fingerprint density at radius 2 is 2.00 bits per heavy atom. The summed E-state index contributed by atoms with van der Waals surface area (Å²) >= 11 is 0. The van der Waals surface area contributed by atoms with Gasteiger partial charge in [0, 0.05) is 25.6 Å². The zero-order chi connectivity index (χ0) is 15.9. The molecule has 0 bridgehead atoms. The Kier molecular flexibility index (Phi) is 3.44. The van der Waals surface area contributed by atoms with Crippen LogP contribution in [0.2, 0.25) is 0 Å². The van der Waals surface area contributed by atoms with Gasteiger partial charge in [0.25, 0.3) is 0 Å². The maximum Gasteiger partial charge on any atom is 0.229 e. The number of hydrogen-bond donors (Lipinski definition) is 1. The zero-order valence-electron chi connectivity index (χ0n) is 12.6. The summed E-state index contributed by atoms with van der Waals surface area (Å²) in [5, 5.41) is 4.44. The minimum Gasteiger partial charge on any atom is -0.369 e. The van der Waals surface area contributed by atoms with Gasteiger partial charge in [0.15, 0.2) is 0 Å². The molecule has 114 valence electrons. The summed E-state index contributed by atoms with van der Waals surface area (Å²) in [6.07, 6.45) is 0.161. The third-order valence-corrected chi connectivity index (χ3v) is 4.04. The van der Waals surface area contributed by atoms with E-state index in [0.717, 1.165) is 22.6 Å². The topological polar surface area (TPSA) is 81.2 Å². The molecule has 1 unspecified atom stereocenters. The van der Waals surface area contributed by atoms with Crippen molar-refractivity contribution in [2.75, 3.05) is 11.4 Å². The van der Waals surface area contributed by atoms with Gasteiger partial charge in [-0.3, -0.25) is 19.2 Å². The van der Waals surface area contributed by atoms with Gasteiger partial charge in [-0.2, -0.15) is 5.10 Å². The molecule has 0 aliphatic carbocycles. The van der Waals surface area contributed by atoms with Crippen LogP contribution >= 0.6 is 0 Å². The molecule has 1 aromatic carbocycles. The van der Waals surface area contributed by atoms with Crippen LogP contribution in [0.15, 0.2) is 30.3 Å². The van der Waals surface area contributed by atoms with E-state index in [2.05, 4.69) is 5.10 Å². The van der Waals surface area contributed by atoms with E-state index in [1.807, 2.05) is 37.3 Å². The van der Waals surface area contributed by atoms with Crippen molar-refractivity contribution in [3.63, 3.8) is 0 Å². The Balaban J connectivity index is 2.09. The highest BCUT2D eigenvalue weighted by Gasteiger charge is 2.37. The van der Waals surface area contributed by atoms with Crippen LogP contribution in [-0.4, -0.2) is 28.1 Å². The van der Waals surface area contributed by atoms with Gasteiger partial charge < -0.3 is 5.73 Å². The van der Waals surface area contributed by atoms with E-state index < -0.39 is 11.8 Å². The second kappa shape index (κ2) is 5.29. The predicted octanol–water partition coefficient (Wildman–Crippen LogP) is 1.23. The lowest BCUT2D eigenvalue weighted by atomic mass is 10.1. The van der Waals surface area contributed by atoms with Gasteiger partial charge in [0.2, 0.25) is 11.8 Å². The molecular weight excluding hydrogens is 280 g/mol. The second-order valence-corrected chi connectivity index (χ2v) is 5.58. The van der Waals surface area contributed by atoms with Crippen molar-refractivity contribution in [1.82, 2.24) is 9.78 Å². The Labute approximate surface area is 128 Å². The van der Waals surface area contributed by atoms with E-state index >= 15 is 0 Å². The van der Waals surface area contributed by atoms with Crippen LogP contribution in [0.4, 0.5) is 5.82 Å². The fraction of sp³-hybridized carbons (Fsp3) is 0.312. The van der Waals surface area contributed by atoms with Crippen molar-refractivity contribution in [3.05, 3.63) is 36.0 Å². The average Bonchev–Trinajstić information content (AvgIpc) is 2.99. The van der Waals surface area contributed by atoms with Gasteiger partial charge in [-0.05, 0) is 12.5 Å². The fourth-order valence-corrected chi connectivity index (χ4v) is 3.00. The van der Waals surface area contributed by atoms with Crippen molar-refractivity contribution >= 4 is 17.6 Å². The molecule has 6 heteroatoms. The van der Waals surface area contributed by atoms with E-state index in [0.29, 0.717) is 6.54 Å². The Morgan fingerprint density at radius 1 is 1.32 bits per heavy atom. The van der Waals surface area contributed by atoms with Gasteiger partial charge in [0.05, 0.1) is 11.6 Å². The van der Waals surface area contributed by atoms with Crippen LogP contribution in [0.1, 0.15) is 12.1 Å². The van der Waals surface area contributed by atoms with Crippen LogP contribution in [-0.2, 0) is 16.6 Å². The number of primary amides is 1. The smallest absolute Gasteiger partial charge is 0.229 e. The molecular formula is C16H18N4O2. The van der Waals surface area contributed by atoms with Crippen LogP contribution in [0.3, 0.4) is 0 Å². The molecule has 0 radical (unpaired) electrons. The van der Waals surface area contributed by atoms with Crippen molar-refractivity contribution in [2.45, 2.75) is 13.3 Å². The predicted molar refractivity (Wildman–Crippen MR) is 83.0 cm³/mol. The molecule has 1 atom stereocenters. The molecule has 2 heterocycles. The van der Waals surface area contributed by atoms with Gasteiger partial charge >= 0.3 is 0 Å². The summed E-state index contributed by atoms with van der Waals surface area (Å²) in [7, 11) is 1.81. The first-order valence-corrected chi connectivity index (χ1v) is 7.17. The molecule has 1 aromatic heterocycles. The molecule has 1 saturated heterocycles. The maximum absolute atomic E-state index is 12.3. The minimum absolute atomic E-state index is 0.0935. The van der Waals surface area contributed by atoms with E-state index in [1.54, 1.807) is 16.6 Å². The molecule has 6 nitrogen and oxygen atoms in total. The van der Waals surface area contributed by atoms with E-state index in [4.69, 9.17) is 5.73 Å². The zero-order valence-corrected chi connectivity index (χ0v) is 12.6. The van der Waals surface area contributed by atoms with Crippen molar-refractivity contribution in [1.29, 1.82) is 0 Å². The Morgan fingerprint density at radius 3 is 2.59 bits per heavy atom. The summed E-state index contributed by atoms with van der Waals surface area (Å²) in [4.78, 5) is 25.3. The number of benzene rings is 1. The molecule has 1 aliphatic heterocycles. The number of hydrogen-bond acceptors (Lipinski definition) is 3. The number of carbonyl (C=O) groups is 2. The lowest BCUT2D eigenvalue weighted by Gasteiger charge is -2.18. The molecule has 2 amide bonds. The van der Waals surface area contributed by atoms with E-state index in [1.165, 1.54) is 0 Å². The van der Waals surface area contributed by atoms with Crippen LogP contribution in [0.25, 0.3) is 11.1 Å². The lowest BCUT2D eigenvalue weighted by Crippen LogP contribution is -2.30. The number of carbonyl (C=O) groups excluding carboxylic acids is 2. The standard InChI is InChI=1S/C16H18N4O2/c1-10-14(11-6-4-3-5-7-11)16(19(2)18-10)20-9-12(15(17)22)8-13(20)21/h3-7,12H,8-9H2,1-2H3,(H2,17,22). The quantitative estimate of drug-likeness (QED) is 0.925. The highest BCUT2D eigenvalue weighted by molar-refractivity contribution is 6.02. The summed E-state index contributed by atoms with van der Waals surface area (Å²) < 4.78 is 1.69. The lowest BCUT2D eigenvalue weighted by molar-refractivity contribution is -0.123. The first-order chi connectivity index (χ1) is 10.5. The highest BCUT2D eigenvalue weighted by Crippen LogP contribution is 2.36. The molecule has 0 saturated carbocycles. The molecule has 1 aliphatic rings. The number of anilines is 1. The molecule has 3 rings (SSSR count). The summed E-state index contributed by atoms with van der Waals surface area (Å²) in [5.41, 5.74) is 8.12. The summed E-state index contributed by atoms with van der Waals surface area (Å²) in [6.45, 7) is 2.23. The molecule has 2 aromatic rings. The largest absolute Gasteiger partial charge is 0.369 e. The van der Waals surface area contributed by atoms with Gasteiger partial charge in [-0.15, -0.1) is 0 Å². The third kappa shape index (κ3) is 2.26. The summed E-state index contributed by atoms with van der Waals surface area (Å²) in [6, 6.07) is 9.81. The summed E-state index contributed by atoms with van der Waals surface area (Å²) in [5.74, 6) is -0.247. The van der Waals surface area contributed by atoms with Gasteiger partial charge in [-0.1, -0.05) is 30.3 Å². The molecule has 0 spiro atoms. The number of aryl methyl sites for hydroxylation is 2. The SMILES string of the molecule is Cc1nn(C)c(N2CC(C(N)=O)CC2=O)c1-c1ccccc1. The number of aromatic nitrogens is 2. The highest BCUT2D eigenvalue weighted by atomic mass is 16.2. The van der Waals surface area contributed by atoms with Crippen molar-refractivity contribution < 1.29 is 9.59 Å². The number of nitrogens with two attached hydrogens (primary N) is 1. The van der Waals surface area contributed by atoms with Gasteiger partial charge in [-0.25, -0.2) is 0 Å². The monoisotopic (exact) mass is 298 g/mol. The molecule has 1 fully saturated rings. The van der Waals surface area contributed by atoms with E-state index in [9.17, 15) is 9.59 Å². The van der Waals surface area contributed by atoms with Crippen LogP contribution < -0.4 is 10.6 Å². The Hall–Kier alpha value is -2.63. The van der Waals surface area contributed by atoms with Crippen molar-refractivity contribution in [3.8, 4) is 11.1 Å². The van der Waals surface area contributed by atoms with Crippen LogP contribution in [0, 0.1) is 12.8 Å². The van der Waals surface area contributed by atoms with E-state index in [-0.39, 0.29) is 12.3 Å². The van der Waals surface area contributed by atoms with Crippen molar-refractivity contribution in [2.24, 2.45) is 18.7 Å². The molecule has 22 heavy (non-hydrogen) atoms. The second-order valence-electron chi connectivity index (χ2n) is 5.58. The average molecular weight is 298 g/mol. The first kappa shape index (κ1) is 14.3. The van der Waals surface area contributed by atoms with Crippen LogP contribution in [0.5, 0.6) is 0 Å². The minimum atomic E-state index is -0.439. The number of rotatable bonds is 3. The van der Waals surface area contributed by atoms with Gasteiger partial charge in [0.1, 0.15) is 5.82 Å². The fourth-order valence-electron chi connectivity index (χ4n) is 3.00. The normalized spacial score (nSPS) is 18.0. The number of nitrogens with zero attached hydrogens (tertiary/aromatic N) is 3. The third-order valence-electron chi connectivity index (χ3n) is 4.04. The number of amides is 2. The first-order valence-electron chi connectivity index (χ1n) is 7.17.